The molecule has 22 heavy (non-hydrogen) atoms. The van der Waals surface area contributed by atoms with Crippen LogP contribution in [0.2, 0.25) is 13.1 Å². The molecule has 0 spiro atoms. The zero-order chi connectivity index (χ0) is 16.0. The van der Waals surface area contributed by atoms with Gasteiger partial charge in [0, 0.05) is 0 Å². The molecule has 3 heteroatoms. The van der Waals surface area contributed by atoms with Crippen molar-refractivity contribution in [1.82, 2.24) is 0 Å². The zero-order valence-electron chi connectivity index (χ0n) is 13.2. The van der Waals surface area contributed by atoms with Gasteiger partial charge >= 0.3 is 5.97 Å². The van der Waals surface area contributed by atoms with E-state index in [1.54, 1.807) is 0 Å². The van der Waals surface area contributed by atoms with Gasteiger partial charge in [-0.05, 0) is 5.56 Å². The summed E-state index contributed by atoms with van der Waals surface area (Å²) in [6, 6.07) is 20.0. The highest BCUT2D eigenvalue weighted by Gasteiger charge is 2.28. The van der Waals surface area contributed by atoms with Crippen molar-refractivity contribution in [1.29, 1.82) is 0 Å². The van der Waals surface area contributed by atoms with Crippen LogP contribution in [-0.4, -0.2) is 14.0 Å². The van der Waals surface area contributed by atoms with Crippen LogP contribution in [0, 0.1) is 0 Å². The third-order valence-electron chi connectivity index (χ3n) is 3.98. The molecule has 0 heterocycles. The van der Waals surface area contributed by atoms with E-state index >= 15 is 0 Å². The van der Waals surface area contributed by atoms with Gasteiger partial charge in [0.15, 0.2) is 0 Å². The van der Waals surface area contributed by atoms with Gasteiger partial charge < -0.3 is 4.74 Å². The van der Waals surface area contributed by atoms with Crippen molar-refractivity contribution in [3.63, 3.8) is 0 Å². The van der Waals surface area contributed by atoms with Gasteiger partial charge in [-0.15, -0.1) is 6.58 Å². The van der Waals surface area contributed by atoms with E-state index in [2.05, 4.69) is 31.8 Å². The minimum atomic E-state index is -1.85. The van der Waals surface area contributed by atoms with Gasteiger partial charge in [0.1, 0.15) is 14.7 Å². The number of ether oxygens (including phenoxy) is 1. The molecular weight excluding hydrogens is 288 g/mol. The predicted molar refractivity (Wildman–Crippen MR) is 93.6 cm³/mol. The fraction of sp³-hybridized carbons (Fsp3) is 0.211. The lowest BCUT2D eigenvalue weighted by Crippen LogP contribution is -2.44. The van der Waals surface area contributed by atoms with Gasteiger partial charge in [-0.2, -0.15) is 0 Å². The molecule has 2 aromatic rings. The monoisotopic (exact) mass is 310 g/mol. The molecule has 0 bridgehead atoms. The lowest BCUT2D eigenvalue weighted by molar-refractivity contribution is -0.144. The Morgan fingerprint density at radius 3 is 2.14 bits per heavy atom. The molecule has 0 aromatic heterocycles. The summed E-state index contributed by atoms with van der Waals surface area (Å²) in [5.74, 6) is -0.203. The molecule has 0 N–H and O–H groups in total. The van der Waals surface area contributed by atoms with Crippen molar-refractivity contribution < 1.29 is 9.53 Å². The molecule has 0 unspecified atom stereocenters. The van der Waals surface area contributed by atoms with Gasteiger partial charge in [-0.1, -0.05) is 84.1 Å². The van der Waals surface area contributed by atoms with E-state index in [1.165, 1.54) is 5.19 Å². The van der Waals surface area contributed by atoms with Crippen molar-refractivity contribution in [3.05, 3.63) is 78.0 Å². The Balaban J connectivity index is 1.92. The van der Waals surface area contributed by atoms with Gasteiger partial charge in [-0.3, -0.25) is 4.79 Å². The predicted octanol–water partition coefficient (Wildman–Crippen LogP) is 3.83. The summed E-state index contributed by atoms with van der Waals surface area (Å²) in [6.07, 6.45) is 0.293. The largest absolute Gasteiger partial charge is 0.461 e. The smallest absolute Gasteiger partial charge is 0.309 e. The number of carbonyl (C=O) groups is 1. The van der Waals surface area contributed by atoms with Gasteiger partial charge in [0.2, 0.25) is 0 Å². The highest BCUT2D eigenvalue weighted by molar-refractivity contribution is 6.95. The number of hydrogen-bond acceptors (Lipinski definition) is 2. The van der Waals surface area contributed by atoms with E-state index in [0.717, 1.165) is 10.8 Å². The van der Waals surface area contributed by atoms with Crippen LogP contribution >= 0.6 is 0 Å². The molecule has 0 amide bonds. The summed E-state index contributed by atoms with van der Waals surface area (Å²) in [5.41, 5.74) is 1.00. The molecule has 0 aliphatic carbocycles. The summed E-state index contributed by atoms with van der Waals surface area (Å²) >= 11 is 0. The van der Waals surface area contributed by atoms with E-state index in [0.29, 0.717) is 13.0 Å². The second-order valence-electron chi connectivity index (χ2n) is 5.92. The second-order valence-corrected chi connectivity index (χ2v) is 10.5. The SMILES string of the molecule is C=C(CC(=O)OCc1ccccc1)[Si](C)(C)c1ccccc1. The summed E-state index contributed by atoms with van der Waals surface area (Å²) in [5, 5.41) is 2.28. The second kappa shape index (κ2) is 7.23. The van der Waals surface area contributed by atoms with Crippen molar-refractivity contribution in [2.75, 3.05) is 0 Å². The standard InChI is InChI=1S/C19H22O2Si/c1-16(22(2,3)18-12-8-5-9-13-18)14-19(20)21-15-17-10-6-4-7-11-17/h4-13H,1,14-15H2,2-3H3. The van der Waals surface area contributed by atoms with Gasteiger partial charge in [-0.25, -0.2) is 0 Å². The van der Waals surface area contributed by atoms with Gasteiger partial charge in [0.25, 0.3) is 0 Å². The molecule has 114 valence electrons. The van der Waals surface area contributed by atoms with Crippen molar-refractivity contribution >= 4 is 19.2 Å². The summed E-state index contributed by atoms with van der Waals surface area (Å²) < 4.78 is 5.35. The Morgan fingerprint density at radius 2 is 1.55 bits per heavy atom. The van der Waals surface area contributed by atoms with Crippen molar-refractivity contribution in [2.24, 2.45) is 0 Å². The molecule has 0 fully saturated rings. The van der Waals surface area contributed by atoms with Crippen LogP contribution in [0.5, 0.6) is 0 Å². The summed E-state index contributed by atoms with van der Waals surface area (Å²) in [7, 11) is -1.85. The Labute approximate surface area is 133 Å². The normalized spacial score (nSPS) is 11.0. The quantitative estimate of drug-likeness (QED) is 0.599. The van der Waals surface area contributed by atoms with E-state index in [1.807, 2.05) is 48.5 Å². The average Bonchev–Trinajstić information content (AvgIpc) is 2.54. The van der Waals surface area contributed by atoms with Crippen molar-refractivity contribution in [2.45, 2.75) is 26.1 Å². The first-order chi connectivity index (χ1) is 10.5. The fourth-order valence-corrected chi connectivity index (χ4v) is 4.26. The minimum Gasteiger partial charge on any atom is -0.461 e. The van der Waals surface area contributed by atoms with Crippen LogP contribution in [0.1, 0.15) is 12.0 Å². The lowest BCUT2D eigenvalue weighted by atomic mass is 10.2. The number of esters is 1. The van der Waals surface area contributed by atoms with Crippen LogP contribution < -0.4 is 5.19 Å². The molecule has 2 nitrogen and oxygen atoms in total. The Morgan fingerprint density at radius 1 is 1.00 bits per heavy atom. The Bertz CT molecular complexity index is 633. The maximum absolute atomic E-state index is 12.0. The third kappa shape index (κ3) is 4.18. The maximum Gasteiger partial charge on any atom is 0.309 e. The molecule has 0 aliphatic heterocycles. The van der Waals surface area contributed by atoms with Crippen LogP contribution in [0.25, 0.3) is 0 Å². The Hall–Kier alpha value is -2.13. The molecule has 0 saturated heterocycles. The molecule has 2 aromatic carbocycles. The molecule has 0 radical (unpaired) electrons. The summed E-state index contributed by atoms with van der Waals surface area (Å²) in [6.45, 7) is 8.91. The first kappa shape index (κ1) is 16.2. The van der Waals surface area contributed by atoms with Crippen molar-refractivity contribution in [3.8, 4) is 0 Å². The number of benzene rings is 2. The van der Waals surface area contributed by atoms with E-state index in [9.17, 15) is 4.79 Å². The average molecular weight is 310 g/mol. The fourth-order valence-electron chi connectivity index (χ4n) is 2.24. The maximum atomic E-state index is 12.0. The molecule has 0 atom stereocenters. The first-order valence-corrected chi connectivity index (χ1v) is 10.4. The van der Waals surface area contributed by atoms with Crippen LogP contribution in [0.15, 0.2) is 72.4 Å². The Kier molecular flexibility index (Phi) is 5.34. The topological polar surface area (TPSA) is 26.3 Å². The number of hydrogen-bond donors (Lipinski definition) is 0. The van der Waals surface area contributed by atoms with E-state index in [4.69, 9.17) is 4.74 Å². The minimum absolute atomic E-state index is 0.203. The van der Waals surface area contributed by atoms with E-state index in [-0.39, 0.29) is 5.97 Å². The van der Waals surface area contributed by atoms with Crippen LogP contribution in [-0.2, 0) is 16.1 Å². The van der Waals surface area contributed by atoms with E-state index < -0.39 is 8.07 Å². The highest BCUT2D eigenvalue weighted by Crippen LogP contribution is 2.17. The summed E-state index contributed by atoms with van der Waals surface area (Å²) in [4.78, 5) is 12.0. The molecule has 0 saturated carbocycles. The molecular formula is C19H22O2Si. The molecule has 2 rings (SSSR count). The number of rotatable bonds is 6. The third-order valence-corrected chi connectivity index (χ3v) is 7.70. The first-order valence-electron chi connectivity index (χ1n) is 7.43. The van der Waals surface area contributed by atoms with Crippen LogP contribution in [0.4, 0.5) is 0 Å². The zero-order valence-corrected chi connectivity index (χ0v) is 14.2. The van der Waals surface area contributed by atoms with Crippen LogP contribution in [0.3, 0.4) is 0 Å². The number of carbonyl (C=O) groups excluding carboxylic acids is 1. The highest BCUT2D eigenvalue weighted by atomic mass is 28.3. The van der Waals surface area contributed by atoms with Gasteiger partial charge in [0.05, 0.1) is 6.42 Å². The molecule has 0 aliphatic rings. The lowest BCUT2D eigenvalue weighted by Gasteiger charge is -2.25.